The molecule has 0 bridgehead atoms. The molecule has 9 nitrogen and oxygen atoms in total. The molecule has 3 aromatic rings. The van der Waals surface area contributed by atoms with Crippen LogP contribution in [0, 0.1) is 15.9 Å². The van der Waals surface area contributed by atoms with Crippen LogP contribution in [0.25, 0.3) is 11.3 Å². The Kier molecular flexibility index (Phi) is 5.65. The van der Waals surface area contributed by atoms with Crippen molar-refractivity contribution in [1.82, 2.24) is 14.5 Å². The maximum Gasteiger partial charge on any atom is 0.573 e. The number of hydrogen-bond donors (Lipinski definition) is 0. The van der Waals surface area contributed by atoms with Crippen molar-refractivity contribution in [2.24, 2.45) is 0 Å². The average molecular weight is 454 g/mol. The fourth-order valence-corrected chi connectivity index (χ4v) is 3.04. The molecular weight excluding hydrogens is 440 g/mol. The van der Waals surface area contributed by atoms with Gasteiger partial charge in [-0.25, -0.2) is 4.39 Å². The Balaban J connectivity index is 1.37. The third kappa shape index (κ3) is 4.94. The summed E-state index contributed by atoms with van der Waals surface area (Å²) in [4.78, 5) is 18.1. The average Bonchev–Trinajstić information content (AvgIpc) is 3.16. The molecule has 0 amide bonds. The van der Waals surface area contributed by atoms with Gasteiger partial charge in [0.2, 0.25) is 0 Å². The van der Waals surface area contributed by atoms with E-state index in [1.165, 1.54) is 23.0 Å². The lowest BCUT2D eigenvalue weighted by Crippen LogP contribution is -2.32. The molecular formula is C19H14F4N4O5. The second-order valence-electron chi connectivity index (χ2n) is 6.78. The molecule has 2 aromatic heterocycles. The van der Waals surface area contributed by atoms with Crippen LogP contribution in [-0.4, -0.2) is 38.5 Å². The number of nitro groups is 1. The smallest absolute Gasteiger partial charge is 0.443 e. The number of imidazole rings is 1. The summed E-state index contributed by atoms with van der Waals surface area (Å²) in [5.74, 6) is -1.89. The predicted octanol–water partition coefficient (Wildman–Crippen LogP) is 3.87. The number of ether oxygens (including phenoxy) is 3. The standard InChI is InChI=1S/C19H14F4N4O5/c20-15-5-12(32-19(21,22)23)2-3-14(15)16-4-1-11(6-24-16)9-30-13-7-26-8-17(27(28)29)25-18(26)31-10-13/h1-6,8,13H,7,9-10H2/t13-/m1/s1. The summed E-state index contributed by atoms with van der Waals surface area (Å²) in [6, 6.07) is 6.09. The van der Waals surface area contributed by atoms with Gasteiger partial charge in [0.25, 0.3) is 0 Å². The molecule has 0 N–H and O–H groups in total. The molecule has 1 atom stereocenters. The molecule has 0 aliphatic carbocycles. The number of nitrogens with zero attached hydrogens (tertiary/aromatic N) is 4. The second kappa shape index (κ2) is 8.42. The first-order valence-corrected chi connectivity index (χ1v) is 9.14. The molecule has 1 aliphatic rings. The van der Waals surface area contributed by atoms with Crippen LogP contribution in [0.1, 0.15) is 5.56 Å². The topological polar surface area (TPSA) is 102 Å². The first-order chi connectivity index (χ1) is 15.2. The molecule has 0 spiro atoms. The van der Waals surface area contributed by atoms with E-state index in [2.05, 4.69) is 14.7 Å². The number of aromatic nitrogens is 3. The Hall–Kier alpha value is -3.74. The Labute approximate surface area is 177 Å². The van der Waals surface area contributed by atoms with E-state index in [-0.39, 0.29) is 42.4 Å². The van der Waals surface area contributed by atoms with Gasteiger partial charge in [-0.2, -0.15) is 0 Å². The van der Waals surface area contributed by atoms with E-state index in [0.717, 1.165) is 12.1 Å². The van der Waals surface area contributed by atoms with Gasteiger partial charge in [-0.15, -0.1) is 13.2 Å². The SMILES string of the molecule is O=[N+]([O-])c1cn2c(n1)OC[C@H](OCc1ccc(-c3ccc(OC(F)(F)F)cc3F)nc1)C2. The van der Waals surface area contributed by atoms with E-state index in [1.54, 1.807) is 6.07 Å². The molecule has 0 fully saturated rings. The van der Waals surface area contributed by atoms with Crippen molar-refractivity contribution in [3.63, 3.8) is 0 Å². The normalized spacial score (nSPS) is 15.7. The minimum absolute atomic E-state index is 0.0157. The van der Waals surface area contributed by atoms with Crippen LogP contribution in [0.2, 0.25) is 0 Å². The van der Waals surface area contributed by atoms with Gasteiger partial charge in [-0.05, 0) is 28.7 Å². The molecule has 0 unspecified atom stereocenters. The number of alkyl halides is 3. The summed E-state index contributed by atoms with van der Waals surface area (Å²) in [5, 5.41) is 10.8. The molecule has 32 heavy (non-hydrogen) atoms. The molecule has 1 aliphatic heterocycles. The third-order valence-corrected chi connectivity index (χ3v) is 4.47. The molecule has 0 radical (unpaired) electrons. The monoisotopic (exact) mass is 454 g/mol. The van der Waals surface area contributed by atoms with Crippen molar-refractivity contribution in [3.8, 4) is 23.0 Å². The molecule has 168 valence electrons. The number of pyridine rings is 1. The number of rotatable bonds is 6. The zero-order valence-corrected chi connectivity index (χ0v) is 16.1. The summed E-state index contributed by atoms with van der Waals surface area (Å²) in [6.07, 6.45) is -2.58. The zero-order valence-electron chi connectivity index (χ0n) is 16.1. The largest absolute Gasteiger partial charge is 0.573 e. The third-order valence-electron chi connectivity index (χ3n) is 4.47. The van der Waals surface area contributed by atoms with Crippen molar-refractivity contribution < 1.29 is 36.7 Å². The number of fused-ring (bicyclic) bond motifs is 1. The first-order valence-electron chi connectivity index (χ1n) is 9.14. The molecule has 3 heterocycles. The highest BCUT2D eigenvalue weighted by molar-refractivity contribution is 5.61. The second-order valence-corrected chi connectivity index (χ2v) is 6.78. The molecule has 1 aromatic carbocycles. The highest BCUT2D eigenvalue weighted by Gasteiger charge is 2.31. The fourth-order valence-electron chi connectivity index (χ4n) is 3.04. The van der Waals surface area contributed by atoms with E-state index in [9.17, 15) is 27.7 Å². The number of hydrogen-bond acceptors (Lipinski definition) is 7. The zero-order chi connectivity index (χ0) is 22.9. The minimum Gasteiger partial charge on any atom is -0.443 e. The lowest BCUT2D eigenvalue weighted by atomic mass is 10.1. The lowest BCUT2D eigenvalue weighted by molar-refractivity contribution is -0.389. The van der Waals surface area contributed by atoms with Gasteiger partial charge < -0.3 is 24.3 Å². The van der Waals surface area contributed by atoms with Crippen LogP contribution in [-0.2, 0) is 17.9 Å². The van der Waals surface area contributed by atoms with Crippen molar-refractivity contribution >= 4 is 5.82 Å². The van der Waals surface area contributed by atoms with E-state index in [0.29, 0.717) is 18.2 Å². The Morgan fingerprint density at radius 3 is 2.75 bits per heavy atom. The van der Waals surface area contributed by atoms with Crippen molar-refractivity contribution in [1.29, 1.82) is 0 Å². The van der Waals surface area contributed by atoms with Crippen LogP contribution in [0.4, 0.5) is 23.4 Å². The minimum atomic E-state index is -4.91. The van der Waals surface area contributed by atoms with E-state index in [4.69, 9.17) is 9.47 Å². The van der Waals surface area contributed by atoms with Gasteiger partial charge >= 0.3 is 18.2 Å². The summed E-state index contributed by atoms with van der Waals surface area (Å²) in [6.45, 7) is 0.630. The van der Waals surface area contributed by atoms with Crippen LogP contribution in [0.15, 0.2) is 42.7 Å². The number of halogens is 4. The van der Waals surface area contributed by atoms with Gasteiger partial charge in [0.15, 0.2) is 0 Å². The Morgan fingerprint density at radius 1 is 1.28 bits per heavy atom. The van der Waals surface area contributed by atoms with Crippen LogP contribution in [0.3, 0.4) is 0 Å². The Morgan fingerprint density at radius 2 is 2.09 bits per heavy atom. The van der Waals surface area contributed by atoms with E-state index >= 15 is 0 Å². The maximum absolute atomic E-state index is 14.2. The summed E-state index contributed by atoms with van der Waals surface area (Å²) < 4.78 is 67.2. The highest BCUT2D eigenvalue weighted by atomic mass is 19.4. The molecule has 4 rings (SSSR count). The molecule has 0 saturated heterocycles. The molecule has 0 saturated carbocycles. The summed E-state index contributed by atoms with van der Waals surface area (Å²) in [5.41, 5.74) is 0.900. The van der Waals surface area contributed by atoms with Crippen molar-refractivity contribution in [2.45, 2.75) is 25.6 Å². The van der Waals surface area contributed by atoms with Gasteiger partial charge in [-0.1, -0.05) is 6.07 Å². The van der Waals surface area contributed by atoms with E-state index in [1.807, 2.05) is 0 Å². The predicted molar refractivity (Wildman–Crippen MR) is 99.3 cm³/mol. The van der Waals surface area contributed by atoms with Gasteiger partial charge in [0, 0.05) is 22.8 Å². The van der Waals surface area contributed by atoms with E-state index < -0.39 is 22.9 Å². The Bertz CT molecular complexity index is 1130. The first kappa shape index (κ1) is 21.5. The number of benzene rings is 1. The maximum atomic E-state index is 14.2. The van der Waals surface area contributed by atoms with Gasteiger partial charge in [0.05, 0.1) is 18.8 Å². The lowest BCUT2D eigenvalue weighted by Gasteiger charge is -2.22. The fraction of sp³-hybridized carbons (Fsp3) is 0.263. The van der Waals surface area contributed by atoms with Crippen molar-refractivity contribution in [3.05, 3.63) is 64.2 Å². The van der Waals surface area contributed by atoms with Crippen LogP contribution < -0.4 is 9.47 Å². The van der Waals surface area contributed by atoms with Crippen LogP contribution in [0.5, 0.6) is 11.8 Å². The molecule has 13 heteroatoms. The van der Waals surface area contributed by atoms with Gasteiger partial charge in [-0.3, -0.25) is 9.55 Å². The summed E-state index contributed by atoms with van der Waals surface area (Å²) in [7, 11) is 0. The van der Waals surface area contributed by atoms with Crippen molar-refractivity contribution in [2.75, 3.05) is 6.61 Å². The quantitative estimate of drug-likeness (QED) is 0.317. The summed E-state index contributed by atoms with van der Waals surface area (Å²) >= 11 is 0. The van der Waals surface area contributed by atoms with Crippen LogP contribution >= 0.6 is 0 Å². The highest BCUT2D eigenvalue weighted by Crippen LogP contribution is 2.29. The van der Waals surface area contributed by atoms with Gasteiger partial charge in [0.1, 0.15) is 30.5 Å².